The highest BCUT2D eigenvalue weighted by molar-refractivity contribution is 6.04. The second-order valence-corrected chi connectivity index (χ2v) is 6.25. The summed E-state index contributed by atoms with van der Waals surface area (Å²) in [6.45, 7) is 5.79. The van der Waals surface area contributed by atoms with Gasteiger partial charge in [-0.05, 0) is 44.5 Å². The van der Waals surface area contributed by atoms with Crippen molar-refractivity contribution in [1.82, 2.24) is 14.8 Å². The Morgan fingerprint density at radius 2 is 1.92 bits per heavy atom. The average molecular weight is 356 g/mol. The number of aromatic nitrogens is 3. The van der Waals surface area contributed by atoms with E-state index < -0.39 is 17.5 Å². The maximum atomic E-state index is 13.3. The highest BCUT2D eigenvalue weighted by Gasteiger charge is 2.15. The number of pyridine rings is 1. The monoisotopic (exact) mass is 356 g/mol. The van der Waals surface area contributed by atoms with Crippen LogP contribution >= 0.6 is 0 Å². The lowest BCUT2D eigenvalue weighted by atomic mass is 10.1. The molecule has 0 saturated heterocycles. The number of benzene rings is 1. The molecule has 5 nitrogen and oxygen atoms in total. The fourth-order valence-corrected chi connectivity index (χ4v) is 2.44. The van der Waals surface area contributed by atoms with Gasteiger partial charge < -0.3 is 5.32 Å². The summed E-state index contributed by atoms with van der Waals surface area (Å²) in [7, 11) is 0. The molecule has 3 rings (SSSR count). The molecule has 134 valence electrons. The van der Waals surface area contributed by atoms with Crippen molar-refractivity contribution in [2.45, 2.75) is 26.8 Å². The zero-order valence-corrected chi connectivity index (χ0v) is 14.6. The quantitative estimate of drug-likeness (QED) is 0.755. The van der Waals surface area contributed by atoms with Crippen molar-refractivity contribution >= 4 is 11.6 Å². The maximum Gasteiger partial charge on any atom is 0.274 e. The molecule has 0 bridgehead atoms. The predicted molar refractivity (Wildman–Crippen MR) is 94.9 cm³/mol. The zero-order valence-electron chi connectivity index (χ0n) is 14.6. The zero-order chi connectivity index (χ0) is 18.8. The number of hydrogen-bond donors (Lipinski definition) is 1. The highest BCUT2D eigenvalue weighted by atomic mass is 19.2. The molecule has 1 amide bonds. The van der Waals surface area contributed by atoms with Gasteiger partial charge in [-0.3, -0.25) is 9.48 Å². The largest absolute Gasteiger partial charge is 0.321 e. The first-order valence-corrected chi connectivity index (χ1v) is 8.13. The number of nitrogens with one attached hydrogen (secondary N) is 1. The van der Waals surface area contributed by atoms with Gasteiger partial charge >= 0.3 is 0 Å². The summed E-state index contributed by atoms with van der Waals surface area (Å²) in [4.78, 5) is 16.9. The SMILES string of the molecule is Cc1ccc(-c2cnn(C(C)C)c2)nc1C(=O)Nc1ccc(F)c(F)c1. The summed E-state index contributed by atoms with van der Waals surface area (Å²) < 4.78 is 28.1. The van der Waals surface area contributed by atoms with Gasteiger partial charge in [-0.2, -0.15) is 5.10 Å². The first-order valence-electron chi connectivity index (χ1n) is 8.13. The molecule has 0 saturated carbocycles. The Hall–Kier alpha value is -3.09. The molecule has 3 aromatic rings. The standard InChI is InChI=1S/C19H18F2N4O/c1-11(2)25-10-13(9-22-25)17-7-4-12(3)18(24-17)19(26)23-14-5-6-15(20)16(21)8-14/h4-11H,1-3H3,(H,23,26). The van der Waals surface area contributed by atoms with E-state index in [1.807, 2.05) is 26.1 Å². The van der Waals surface area contributed by atoms with Gasteiger partial charge in [0.25, 0.3) is 5.91 Å². The molecule has 1 aromatic carbocycles. The molecule has 2 heterocycles. The van der Waals surface area contributed by atoms with Crippen LogP contribution in [0.25, 0.3) is 11.3 Å². The summed E-state index contributed by atoms with van der Waals surface area (Å²) in [5.74, 6) is -2.49. The molecule has 0 radical (unpaired) electrons. The summed E-state index contributed by atoms with van der Waals surface area (Å²) in [6.07, 6.45) is 3.55. The van der Waals surface area contributed by atoms with E-state index in [-0.39, 0.29) is 17.4 Å². The van der Waals surface area contributed by atoms with Gasteiger partial charge in [-0.15, -0.1) is 0 Å². The number of carbonyl (C=O) groups excluding carboxylic acids is 1. The van der Waals surface area contributed by atoms with Crippen molar-refractivity contribution in [3.8, 4) is 11.3 Å². The number of rotatable bonds is 4. The molecule has 7 heteroatoms. The van der Waals surface area contributed by atoms with E-state index in [0.717, 1.165) is 17.7 Å². The van der Waals surface area contributed by atoms with Crippen LogP contribution in [0.1, 0.15) is 35.9 Å². The van der Waals surface area contributed by atoms with Gasteiger partial charge in [0.1, 0.15) is 5.69 Å². The van der Waals surface area contributed by atoms with Crippen LogP contribution in [0.3, 0.4) is 0 Å². The van der Waals surface area contributed by atoms with Crippen molar-refractivity contribution in [3.05, 3.63) is 65.6 Å². The fourth-order valence-electron chi connectivity index (χ4n) is 2.44. The number of carbonyl (C=O) groups is 1. The van der Waals surface area contributed by atoms with Gasteiger partial charge in [0, 0.05) is 29.6 Å². The number of hydrogen-bond acceptors (Lipinski definition) is 3. The van der Waals surface area contributed by atoms with Crippen molar-refractivity contribution in [2.24, 2.45) is 0 Å². The lowest BCUT2D eigenvalue weighted by Crippen LogP contribution is -2.16. The second-order valence-electron chi connectivity index (χ2n) is 6.25. The average Bonchev–Trinajstić information content (AvgIpc) is 3.09. The predicted octanol–water partition coefficient (Wildman–Crippen LogP) is 4.36. The minimum absolute atomic E-state index is 0.160. The summed E-state index contributed by atoms with van der Waals surface area (Å²) in [6, 6.07) is 6.99. The van der Waals surface area contributed by atoms with E-state index in [2.05, 4.69) is 15.4 Å². The van der Waals surface area contributed by atoms with Gasteiger partial charge in [-0.1, -0.05) is 6.07 Å². The van der Waals surface area contributed by atoms with Gasteiger partial charge in [0.05, 0.1) is 11.9 Å². The molecule has 26 heavy (non-hydrogen) atoms. The normalized spacial score (nSPS) is 11.0. The van der Waals surface area contributed by atoms with E-state index in [4.69, 9.17) is 0 Å². The molecule has 0 aliphatic carbocycles. The Labute approximate surface area is 149 Å². The third kappa shape index (κ3) is 3.61. The smallest absolute Gasteiger partial charge is 0.274 e. The highest BCUT2D eigenvalue weighted by Crippen LogP contribution is 2.21. The van der Waals surface area contributed by atoms with E-state index >= 15 is 0 Å². The molecule has 0 aliphatic rings. The maximum absolute atomic E-state index is 13.3. The lowest BCUT2D eigenvalue weighted by Gasteiger charge is -2.09. The van der Waals surface area contributed by atoms with Crippen LogP contribution in [-0.2, 0) is 0 Å². The molecule has 0 aliphatic heterocycles. The van der Waals surface area contributed by atoms with Crippen LogP contribution < -0.4 is 5.32 Å². The van der Waals surface area contributed by atoms with Crippen molar-refractivity contribution in [3.63, 3.8) is 0 Å². The van der Waals surface area contributed by atoms with E-state index in [1.165, 1.54) is 6.07 Å². The van der Waals surface area contributed by atoms with E-state index in [9.17, 15) is 13.6 Å². The van der Waals surface area contributed by atoms with Gasteiger partial charge in [0.2, 0.25) is 0 Å². The number of aryl methyl sites for hydroxylation is 1. The third-order valence-corrected chi connectivity index (χ3v) is 3.92. The topological polar surface area (TPSA) is 59.8 Å². The molecular formula is C19H18F2N4O. The Morgan fingerprint density at radius 3 is 2.58 bits per heavy atom. The van der Waals surface area contributed by atoms with Crippen LogP contribution in [0.4, 0.5) is 14.5 Å². The Kier molecular flexibility index (Phi) is 4.79. The first kappa shape index (κ1) is 17.7. The van der Waals surface area contributed by atoms with Crippen LogP contribution in [0.2, 0.25) is 0 Å². The van der Waals surface area contributed by atoms with Crippen LogP contribution in [0, 0.1) is 18.6 Å². The van der Waals surface area contributed by atoms with Gasteiger partial charge in [-0.25, -0.2) is 13.8 Å². The van der Waals surface area contributed by atoms with E-state index in [1.54, 1.807) is 23.9 Å². The Balaban J connectivity index is 1.88. The summed E-state index contributed by atoms with van der Waals surface area (Å²) in [5, 5.41) is 6.81. The van der Waals surface area contributed by atoms with Gasteiger partial charge in [0.15, 0.2) is 11.6 Å². The number of amides is 1. The van der Waals surface area contributed by atoms with Crippen LogP contribution in [-0.4, -0.2) is 20.7 Å². The van der Waals surface area contributed by atoms with Crippen LogP contribution in [0.15, 0.2) is 42.7 Å². The molecule has 0 fully saturated rings. The first-order chi connectivity index (χ1) is 12.3. The second kappa shape index (κ2) is 7.03. The minimum atomic E-state index is -1.03. The summed E-state index contributed by atoms with van der Waals surface area (Å²) in [5.41, 5.74) is 2.45. The molecule has 0 spiro atoms. The Morgan fingerprint density at radius 1 is 1.15 bits per heavy atom. The van der Waals surface area contributed by atoms with Crippen LogP contribution in [0.5, 0.6) is 0 Å². The van der Waals surface area contributed by atoms with Crippen molar-refractivity contribution < 1.29 is 13.6 Å². The molecular weight excluding hydrogens is 338 g/mol. The number of anilines is 1. The minimum Gasteiger partial charge on any atom is -0.321 e. The molecule has 2 aromatic heterocycles. The van der Waals surface area contributed by atoms with Crippen molar-refractivity contribution in [2.75, 3.05) is 5.32 Å². The molecule has 0 unspecified atom stereocenters. The Bertz CT molecular complexity index is 966. The van der Waals surface area contributed by atoms with E-state index in [0.29, 0.717) is 11.3 Å². The molecule has 0 atom stereocenters. The summed E-state index contributed by atoms with van der Waals surface area (Å²) >= 11 is 0. The lowest BCUT2D eigenvalue weighted by molar-refractivity contribution is 0.102. The number of halogens is 2. The third-order valence-electron chi connectivity index (χ3n) is 3.92. The van der Waals surface area contributed by atoms with Crippen molar-refractivity contribution in [1.29, 1.82) is 0 Å². The molecule has 1 N–H and O–H groups in total. The number of nitrogens with zero attached hydrogens (tertiary/aromatic N) is 3. The fraction of sp³-hybridized carbons (Fsp3) is 0.211.